The van der Waals surface area contributed by atoms with Crippen molar-refractivity contribution in [3.63, 3.8) is 0 Å². The Bertz CT molecular complexity index is 1270. The van der Waals surface area contributed by atoms with Crippen molar-refractivity contribution < 1.29 is 22.7 Å². The van der Waals surface area contributed by atoms with Crippen molar-refractivity contribution in [1.29, 1.82) is 0 Å². The molecule has 1 amide bonds. The van der Waals surface area contributed by atoms with E-state index in [1.807, 2.05) is 6.92 Å². The lowest BCUT2D eigenvalue weighted by Gasteiger charge is -2.35. The number of nitrogens with zero attached hydrogens (tertiary/aromatic N) is 4. The van der Waals surface area contributed by atoms with E-state index in [9.17, 15) is 13.6 Å². The fourth-order valence-corrected chi connectivity index (χ4v) is 3.81. The molecule has 9 nitrogen and oxygen atoms in total. The second-order valence-corrected chi connectivity index (χ2v) is 8.39. The Morgan fingerprint density at radius 1 is 1.20 bits per heavy atom. The zero-order chi connectivity index (χ0) is 25.2. The number of aromatic nitrogens is 4. The minimum atomic E-state index is -1.12. The highest BCUT2D eigenvalue weighted by atomic mass is 19.1. The van der Waals surface area contributed by atoms with Gasteiger partial charge in [-0.2, -0.15) is 4.39 Å². The van der Waals surface area contributed by atoms with Crippen LogP contribution in [0.4, 0.5) is 19.0 Å². The highest BCUT2D eigenvalue weighted by Gasteiger charge is 2.31. The number of carbonyl (C=O) groups excluding carboxylic acids is 1. The SMILES string of the molecule is CCOc1ncc(-c2cc(C(=O)N[C@@]3(C)CCCNC3)c(F)c(-c3cnc(N)c(F)n3)n2)cc1F. The number of nitrogen functional groups attached to an aromatic ring is 1. The van der Waals surface area contributed by atoms with E-state index in [4.69, 9.17) is 10.5 Å². The second kappa shape index (κ2) is 9.82. The summed E-state index contributed by atoms with van der Waals surface area (Å²) in [7, 11) is 0. The van der Waals surface area contributed by atoms with E-state index in [1.54, 1.807) is 6.92 Å². The highest BCUT2D eigenvalue weighted by Crippen LogP contribution is 2.29. The molecule has 0 bridgehead atoms. The summed E-state index contributed by atoms with van der Waals surface area (Å²) in [5.74, 6) is -4.30. The molecule has 4 heterocycles. The van der Waals surface area contributed by atoms with Crippen LogP contribution in [0.1, 0.15) is 37.0 Å². The lowest BCUT2D eigenvalue weighted by molar-refractivity contribution is 0.0886. The molecule has 1 saturated heterocycles. The topological polar surface area (TPSA) is 128 Å². The first-order valence-corrected chi connectivity index (χ1v) is 11.0. The summed E-state index contributed by atoms with van der Waals surface area (Å²) in [6.45, 7) is 5.07. The van der Waals surface area contributed by atoms with Crippen molar-refractivity contribution in [1.82, 2.24) is 30.6 Å². The van der Waals surface area contributed by atoms with Crippen LogP contribution in [0, 0.1) is 17.6 Å². The average Bonchev–Trinajstić information content (AvgIpc) is 2.82. The van der Waals surface area contributed by atoms with Gasteiger partial charge >= 0.3 is 0 Å². The van der Waals surface area contributed by atoms with Crippen LogP contribution in [0.5, 0.6) is 5.88 Å². The summed E-state index contributed by atoms with van der Waals surface area (Å²) < 4.78 is 49.2. The first kappa shape index (κ1) is 24.3. The zero-order valence-corrected chi connectivity index (χ0v) is 19.2. The Balaban J connectivity index is 1.82. The van der Waals surface area contributed by atoms with E-state index in [2.05, 4.69) is 30.6 Å². The fourth-order valence-electron chi connectivity index (χ4n) is 3.81. The van der Waals surface area contributed by atoms with E-state index in [0.717, 1.165) is 25.2 Å². The second-order valence-electron chi connectivity index (χ2n) is 8.39. The summed E-state index contributed by atoms with van der Waals surface area (Å²) in [6.07, 6.45) is 3.85. The maximum Gasteiger partial charge on any atom is 0.256 e. The molecule has 0 radical (unpaired) electrons. The van der Waals surface area contributed by atoms with Crippen molar-refractivity contribution in [3.8, 4) is 28.5 Å². The number of piperidine rings is 1. The first-order chi connectivity index (χ1) is 16.7. The van der Waals surface area contributed by atoms with E-state index < -0.39 is 40.5 Å². The lowest BCUT2D eigenvalue weighted by atomic mass is 9.92. The number of nitrogens with two attached hydrogens (primary N) is 1. The van der Waals surface area contributed by atoms with Gasteiger partial charge in [-0.3, -0.25) is 4.79 Å². The Kier molecular flexibility index (Phi) is 6.83. The van der Waals surface area contributed by atoms with E-state index in [0.29, 0.717) is 13.0 Å². The zero-order valence-electron chi connectivity index (χ0n) is 19.2. The van der Waals surface area contributed by atoms with E-state index in [-0.39, 0.29) is 35.0 Å². The number of halogens is 3. The molecule has 4 N–H and O–H groups in total. The summed E-state index contributed by atoms with van der Waals surface area (Å²) in [5, 5.41) is 6.06. The van der Waals surface area contributed by atoms with Crippen LogP contribution in [0.2, 0.25) is 0 Å². The minimum absolute atomic E-state index is 0.0203. The molecule has 1 aliphatic heterocycles. The number of amides is 1. The number of ether oxygens (including phenoxy) is 1. The maximum absolute atomic E-state index is 15.6. The van der Waals surface area contributed by atoms with E-state index >= 15 is 4.39 Å². The molecule has 12 heteroatoms. The summed E-state index contributed by atoms with van der Waals surface area (Å²) >= 11 is 0. The monoisotopic (exact) mass is 487 g/mol. The third-order valence-corrected chi connectivity index (χ3v) is 5.60. The van der Waals surface area contributed by atoms with Gasteiger partial charge in [0.05, 0.1) is 29.6 Å². The van der Waals surface area contributed by atoms with Gasteiger partial charge in [0.1, 0.15) is 11.4 Å². The van der Waals surface area contributed by atoms with Gasteiger partial charge in [-0.1, -0.05) is 0 Å². The van der Waals surface area contributed by atoms with Crippen molar-refractivity contribution in [3.05, 3.63) is 47.7 Å². The van der Waals surface area contributed by atoms with Gasteiger partial charge in [-0.15, -0.1) is 0 Å². The van der Waals surface area contributed by atoms with Crippen molar-refractivity contribution >= 4 is 11.7 Å². The minimum Gasteiger partial charge on any atom is -0.476 e. The molecular formula is C23H24F3N7O2. The van der Waals surface area contributed by atoms with Gasteiger partial charge < -0.3 is 21.1 Å². The molecule has 3 aromatic heterocycles. The third-order valence-electron chi connectivity index (χ3n) is 5.60. The molecule has 35 heavy (non-hydrogen) atoms. The molecule has 1 aliphatic rings. The van der Waals surface area contributed by atoms with Crippen LogP contribution >= 0.6 is 0 Å². The molecule has 0 spiro atoms. The highest BCUT2D eigenvalue weighted by molar-refractivity contribution is 5.97. The van der Waals surface area contributed by atoms with Crippen molar-refractivity contribution in [2.24, 2.45) is 0 Å². The molecule has 3 aromatic rings. The van der Waals surface area contributed by atoms with Gasteiger partial charge in [-0.05, 0) is 45.4 Å². The largest absolute Gasteiger partial charge is 0.476 e. The van der Waals surface area contributed by atoms with Crippen LogP contribution in [0.25, 0.3) is 22.6 Å². The smallest absolute Gasteiger partial charge is 0.256 e. The number of anilines is 1. The van der Waals surface area contributed by atoms with Crippen LogP contribution < -0.4 is 21.1 Å². The van der Waals surface area contributed by atoms with Gasteiger partial charge in [0.15, 0.2) is 17.5 Å². The molecule has 0 unspecified atom stereocenters. The Morgan fingerprint density at radius 3 is 2.66 bits per heavy atom. The number of nitrogens with one attached hydrogen (secondary N) is 2. The molecular weight excluding hydrogens is 463 g/mol. The lowest BCUT2D eigenvalue weighted by Crippen LogP contribution is -2.55. The van der Waals surface area contributed by atoms with Gasteiger partial charge in [-0.25, -0.2) is 28.7 Å². The number of carbonyl (C=O) groups is 1. The molecule has 0 saturated carbocycles. The van der Waals surface area contributed by atoms with Crippen LogP contribution in [0.3, 0.4) is 0 Å². The van der Waals surface area contributed by atoms with E-state index in [1.165, 1.54) is 12.3 Å². The summed E-state index contributed by atoms with van der Waals surface area (Å²) in [4.78, 5) is 28.6. The molecule has 184 valence electrons. The van der Waals surface area contributed by atoms with Crippen molar-refractivity contribution in [2.75, 3.05) is 25.4 Å². The fraction of sp³-hybridized carbons (Fsp3) is 0.348. The summed E-state index contributed by atoms with van der Waals surface area (Å²) in [6, 6.07) is 2.29. The maximum atomic E-state index is 15.6. The molecule has 1 fully saturated rings. The predicted molar refractivity (Wildman–Crippen MR) is 122 cm³/mol. The number of rotatable bonds is 6. The number of hydrogen-bond donors (Lipinski definition) is 3. The Labute approximate surface area is 199 Å². The number of pyridine rings is 2. The summed E-state index contributed by atoms with van der Waals surface area (Å²) in [5.41, 5.74) is 3.85. The Morgan fingerprint density at radius 2 is 2.00 bits per heavy atom. The quantitative estimate of drug-likeness (QED) is 0.484. The normalized spacial score (nSPS) is 17.7. The van der Waals surface area contributed by atoms with Gasteiger partial charge in [0.2, 0.25) is 5.88 Å². The standard InChI is InChI=1S/C23H24F3N7O2/c1-3-35-22-14(24)7-12(9-30-22)15-8-13(21(34)33-23(2)5-4-6-28-11-23)17(25)18(31-15)16-10-29-20(27)19(26)32-16/h7-10,28H,3-6,11H2,1-2H3,(H2,27,29)(H,33,34)/t23-/m0/s1. The molecule has 0 aromatic carbocycles. The van der Waals surface area contributed by atoms with Crippen LogP contribution in [0.15, 0.2) is 24.5 Å². The predicted octanol–water partition coefficient (Wildman–Crippen LogP) is 2.87. The van der Waals surface area contributed by atoms with Gasteiger partial charge in [0, 0.05) is 18.3 Å². The van der Waals surface area contributed by atoms with Gasteiger partial charge in [0.25, 0.3) is 11.9 Å². The first-order valence-electron chi connectivity index (χ1n) is 11.0. The average molecular weight is 487 g/mol. The van der Waals surface area contributed by atoms with Crippen LogP contribution in [-0.2, 0) is 0 Å². The van der Waals surface area contributed by atoms with Crippen LogP contribution in [-0.4, -0.2) is 51.1 Å². The Hall–Kier alpha value is -3.80. The third kappa shape index (κ3) is 5.16. The van der Waals surface area contributed by atoms with Crippen molar-refractivity contribution in [2.45, 2.75) is 32.2 Å². The molecule has 0 aliphatic carbocycles. The number of hydrogen-bond acceptors (Lipinski definition) is 8. The molecule has 1 atom stereocenters. The molecule has 4 rings (SSSR count).